The molecule has 0 atom stereocenters. The fourth-order valence-electron chi connectivity index (χ4n) is 2.26. The summed E-state index contributed by atoms with van der Waals surface area (Å²) < 4.78 is 26.2. The third-order valence-corrected chi connectivity index (χ3v) is 3.60. The minimum atomic E-state index is -2.50. The highest BCUT2D eigenvalue weighted by Crippen LogP contribution is 2.46. The zero-order valence-electron chi connectivity index (χ0n) is 10.1. The predicted molar refractivity (Wildman–Crippen MR) is 58.7 cm³/mol. The minimum Gasteiger partial charge on any atom is -0.389 e. The molecule has 0 unspecified atom stereocenters. The standard InChI is InChI=1S/C12H19F2NO/c1-10(2,3)9-8-11(16-15-9)4-6-12(13,14)7-5-11/h4-8H2,1-3H3. The van der Waals surface area contributed by atoms with Gasteiger partial charge in [-0.2, -0.15) is 0 Å². The Kier molecular flexibility index (Phi) is 2.52. The van der Waals surface area contributed by atoms with E-state index in [2.05, 4.69) is 25.9 Å². The summed E-state index contributed by atoms with van der Waals surface area (Å²) in [6, 6.07) is 0. The van der Waals surface area contributed by atoms with E-state index in [1.54, 1.807) is 0 Å². The Labute approximate surface area is 95.0 Å². The van der Waals surface area contributed by atoms with Crippen molar-refractivity contribution in [3.05, 3.63) is 0 Å². The maximum Gasteiger partial charge on any atom is 0.248 e. The molecule has 0 saturated heterocycles. The van der Waals surface area contributed by atoms with E-state index in [1.807, 2.05) is 0 Å². The van der Waals surface area contributed by atoms with Gasteiger partial charge in [0.25, 0.3) is 0 Å². The quantitative estimate of drug-likeness (QED) is 0.622. The highest BCUT2D eigenvalue weighted by molar-refractivity contribution is 5.90. The van der Waals surface area contributed by atoms with E-state index >= 15 is 0 Å². The average molecular weight is 231 g/mol. The number of hydrogen-bond acceptors (Lipinski definition) is 2. The first kappa shape index (κ1) is 11.8. The Morgan fingerprint density at radius 3 is 2.12 bits per heavy atom. The fraction of sp³-hybridized carbons (Fsp3) is 0.917. The van der Waals surface area contributed by atoms with Crippen molar-refractivity contribution in [1.29, 1.82) is 0 Å². The van der Waals surface area contributed by atoms with Gasteiger partial charge < -0.3 is 4.84 Å². The lowest BCUT2D eigenvalue weighted by Crippen LogP contribution is -2.39. The molecule has 1 heterocycles. The highest BCUT2D eigenvalue weighted by Gasteiger charge is 2.49. The summed E-state index contributed by atoms with van der Waals surface area (Å²) in [4.78, 5) is 5.47. The van der Waals surface area contributed by atoms with Crippen LogP contribution in [0.2, 0.25) is 0 Å². The average Bonchev–Trinajstić information content (AvgIpc) is 2.56. The van der Waals surface area contributed by atoms with Crippen molar-refractivity contribution < 1.29 is 13.6 Å². The van der Waals surface area contributed by atoms with Crippen LogP contribution in [0.5, 0.6) is 0 Å². The molecule has 0 aromatic carbocycles. The molecule has 0 bridgehead atoms. The van der Waals surface area contributed by atoms with Gasteiger partial charge in [-0.25, -0.2) is 8.78 Å². The Morgan fingerprint density at radius 1 is 1.12 bits per heavy atom. The van der Waals surface area contributed by atoms with Gasteiger partial charge in [0.1, 0.15) is 5.60 Å². The lowest BCUT2D eigenvalue weighted by atomic mass is 9.76. The molecule has 4 heteroatoms. The second-order valence-electron chi connectivity index (χ2n) is 6.10. The van der Waals surface area contributed by atoms with Crippen molar-refractivity contribution in [1.82, 2.24) is 0 Å². The first-order valence-electron chi connectivity index (χ1n) is 5.86. The summed E-state index contributed by atoms with van der Waals surface area (Å²) in [6.45, 7) is 6.23. The summed E-state index contributed by atoms with van der Waals surface area (Å²) in [5, 5.41) is 4.10. The van der Waals surface area contributed by atoms with Crippen LogP contribution in [0.3, 0.4) is 0 Å². The molecule has 0 aromatic rings. The summed E-state index contributed by atoms with van der Waals surface area (Å²) in [5.74, 6) is -2.50. The molecule has 0 N–H and O–H groups in total. The zero-order valence-corrected chi connectivity index (χ0v) is 10.1. The van der Waals surface area contributed by atoms with Gasteiger partial charge in [0.05, 0.1) is 5.71 Å². The predicted octanol–water partition coefficient (Wildman–Crippen LogP) is 3.76. The van der Waals surface area contributed by atoms with Crippen molar-refractivity contribution >= 4 is 5.71 Å². The molecule has 1 spiro atoms. The van der Waals surface area contributed by atoms with E-state index in [0.29, 0.717) is 19.3 Å². The summed E-state index contributed by atoms with van der Waals surface area (Å²) in [6.07, 6.45) is 1.42. The highest BCUT2D eigenvalue weighted by atomic mass is 19.3. The third kappa shape index (κ3) is 2.20. The molecule has 0 amide bonds. The van der Waals surface area contributed by atoms with Gasteiger partial charge in [-0.05, 0) is 12.8 Å². The minimum absolute atomic E-state index is 0.0243. The van der Waals surface area contributed by atoms with Crippen LogP contribution in [-0.4, -0.2) is 17.2 Å². The molecular formula is C12H19F2NO. The third-order valence-electron chi connectivity index (χ3n) is 3.60. The number of rotatable bonds is 0. The van der Waals surface area contributed by atoms with E-state index in [9.17, 15) is 8.78 Å². The Bertz CT molecular complexity index is 307. The van der Waals surface area contributed by atoms with Gasteiger partial charge in [0, 0.05) is 24.7 Å². The summed E-state index contributed by atoms with van der Waals surface area (Å²) in [5.41, 5.74) is 0.547. The topological polar surface area (TPSA) is 21.6 Å². The zero-order chi connectivity index (χ0) is 12.0. The molecule has 0 radical (unpaired) electrons. The maximum atomic E-state index is 13.1. The SMILES string of the molecule is CC(C)(C)C1=NOC2(CCC(F)(F)CC2)C1. The molecule has 16 heavy (non-hydrogen) atoms. The lowest BCUT2D eigenvalue weighted by Gasteiger charge is -2.35. The van der Waals surface area contributed by atoms with E-state index in [0.717, 1.165) is 5.71 Å². The van der Waals surface area contributed by atoms with Crippen LogP contribution in [-0.2, 0) is 4.84 Å². The van der Waals surface area contributed by atoms with E-state index < -0.39 is 11.5 Å². The molecular weight excluding hydrogens is 212 g/mol. The second kappa shape index (κ2) is 3.41. The first-order valence-corrected chi connectivity index (χ1v) is 5.86. The van der Waals surface area contributed by atoms with Gasteiger partial charge >= 0.3 is 0 Å². The summed E-state index contributed by atoms with van der Waals surface area (Å²) >= 11 is 0. The molecule has 1 aliphatic heterocycles. The van der Waals surface area contributed by atoms with Crippen molar-refractivity contribution in [3.8, 4) is 0 Å². The molecule has 2 nitrogen and oxygen atoms in total. The largest absolute Gasteiger partial charge is 0.389 e. The lowest BCUT2D eigenvalue weighted by molar-refractivity contribution is -0.119. The number of oxime groups is 1. The van der Waals surface area contributed by atoms with Crippen molar-refractivity contribution in [2.45, 2.75) is 64.4 Å². The van der Waals surface area contributed by atoms with Gasteiger partial charge in [-0.15, -0.1) is 0 Å². The Balaban J connectivity index is 2.01. The van der Waals surface area contributed by atoms with Crippen molar-refractivity contribution in [2.75, 3.05) is 0 Å². The van der Waals surface area contributed by atoms with Crippen LogP contribution in [0.25, 0.3) is 0 Å². The van der Waals surface area contributed by atoms with E-state index in [1.165, 1.54) is 0 Å². The first-order chi connectivity index (χ1) is 7.23. The van der Waals surface area contributed by atoms with Crippen LogP contribution in [0.4, 0.5) is 8.78 Å². The molecule has 0 aromatic heterocycles. The van der Waals surface area contributed by atoms with Gasteiger partial charge in [-0.1, -0.05) is 25.9 Å². The maximum absolute atomic E-state index is 13.1. The molecule has 1 fully saturated rings. The number of nitrogens with zero attached hydrogens (tertiary/aromatic N) is 1. The van der Waals surface area contributed by atoms with Crippen LogP contribution in [0, 0.1) is 5.41 Å². The fourth-order valence-corrected chi connectivity index (χ4v) is 2.26. The molecule has 1 saturated carbocycles. The van der Waals surface area contributed by atoms with Crippen molar-refractivity contribution in [2.24, 2.45) is 10.6 Å². The second-order valence-corrected chi connectivity index (χ2v) is 6.10. The van der Waals surface area contributed by atoms with Crippen LogP contribution >= 0.6 is 0 Å². The molecule has 92 valence electrons. The van der Waals surface area contributed by atoms with Gasteiger partial charge in [-0.3, -0.25) is 0 Å². The van der Waals surface area contributed by atoms with Crippen LogP contribution in [0.1, 0.15) is 52.9 Å². The van der Waals surface area contributed by atoms with Crippen LogP contribution < -0.4 is 0 Å². The Hall–Kier alpha value is -0.670. The monoisotopic (exact) mass is 231 g/mol. The summed E-state index contributed by atoms with van der Waals surface area (Å²) in [7, 11) is 0. The molecule has 1 aliphatic carbocycles. The normalized spacial score (nSPS) is 27.7. The number of hydrogen-bond donors (Lipinski definition) is 0. The van der Waals surface area contributed by atoms with Gasteiger partial charge in [0.15, 0.2) is 0 Å². The van der Waals surface area contributed by atoms with Crippen LogP contribution in [0.15, 0.2) is 5.16 Å². The van der Waals surface area contributed by atoms with Crippen molar-refractivity contribution in [3.63, 3.8) is 0 Å². The van der Waals surface area contributed by atoms with E-state index in [-0.39, 0.29) is 18.3 Å². The molecule has 2 rings (SSSR count). The smallest absolute Gasteiger partial charge is 0.248 e. The number of halogens is 2. The van der Waals surface area contributed by atoms with E-state index in [4.69, 9.17) is 4.84 Å². The molecule has 2 aliphatic rings. The van der Waals surface area contributed by atoms with Gasteiger partial charge in [0.2, 0.25) is 5.92 Å². The number of alkyl halides is 2. The Morgan fingerprint density at radius 2 is 1.69 bits per heavy atom.